The van der Waals surface area contributed by atoms with Gasteiger partial charge in [-0.1, -0.05) is 202 Å². The molecule has 268 valence electrons. The third-order valence-electron chi connectivity index (χ3n) is 12.5. The Bertz CT molecular complexity index is 3150. The molecule has 0 fully saturated rings. The van der Waals surface area contributed by atoms with Crippen LogP contribution in [0.15, 0.2) is 206 Å². The highest BCUT2D eigenvalue weighted by Crippen LogP contribution is 2.53. The van der Waals surface area contributed by atoms with E-state index in [0.717, 1.165) is 0 Å². The van der Waals surface area contributed by atoms with Crippen molar-refractivity contribution in [3.05, 3.63) is 217 Å². The summed E-state index contributed by atoms with van der Waals surface area (Å²) in [6.07, 6.45) is 0. The lowest BCUT2D eigenvalue weighted by molar-refractivity contribution is 0.661. The number of fused-ring (bicyclic) bond motifs is 7. The van der Waals surface area contributed by atoms with Crippen LogP contribution < -0.4 is 0 Å². The summed E-state index contributed by atoms with van der Waals surface area (Å²) in [4.78, 5) is 0. The van der Waals surface area contributed by atoms with Gasteiger partial charge in [-0.25, -0.2) is 0 Å². The van der Waals surface area contributed by atoms with Crippen molar-refractivity contribution < 1.29 is 0 Å². The number of hydrogen-bond acceptors (Lipinski definition) is 0. The third kappa shape index (κ3) is 5.29. The van der Waals surface area contributed by atoms with Crippen LogP contribution in [0.2, 0.25) is 0 Å². The summed E-state index contributed by atoms with van der Waals surface area (Å²) < 4.78 is 0. The van der Waals surface area contributed by atoms with Gasteiger partial charge in [-0.3, -0.25) is 0 Å². The second-order valence-electron chi connectivity index (χ2n) is 16.0. The van der Waals surface area contributed by atoms with E-state index in [1.165, 1.54) is 110 Å². The van der Waals surface area contributed by atoms with Crippen molar-refractivity contribution in [3.8, 4) is 66.8 Å². The van der Waals surface area contributed by atoms with Gasteiger partial charge in [-0.05, 0) is 128 Å². The van der Waals surface area contributed by atoms with E-state index >= 15 is 0 Å². The summed E-state index contributed by atoms with van der Waals surface area (Å²) in [5.41, 5.74) is 17.8. The molecule has 0 aromatic heterocycles. The second kappa shape index (κ2) is 13.0. The first kappa shape index (κ1) is 33.3. The van der Waals surface area contributed by atoms with Gasteiger partial charge >= 0.3 is 0 Å². The molecule has 11 rings (SSSR count). The van der Waals surface area contributed by atoms with Gasteiger partial charge in [-0.2, -0.15) is 0 Å². The zero-order valence-electron chi connectivity index (χ0n) is 32.1. The van der Waals surface area contributed by atoms with Crippen molar-refractivity contribution in [2.24, 2.45) is 0 Å². The second-order valence-corrected chi connectivity index (χ2v) is 16.0. The Balaban J connectivity index is 1.16. The van der Waals surface area contributed by atoms with Crippen LogP contribution in [0.1, 0.15) is 25.0 Å². The Kier molecular flexibility index (Phi) is 7.63. The fourth-order valence-corrected chi connectivity index (χ4v) is 9.68. The standard InChI is InChI=1S/C57H40/c1-57(2)52-25-15-14-24-48(52)56-45-23-13-12-22-44(45)49(36-53(56)57)39-26-28-41(29-27-39)55-47-33-31-42(37-16-6-3-7-17-37)34-50(47)54(40-20-10-5-11-21-40)46-32-30-43(35-51(46)55)38-18-8-4-9-19-38/h3-36H,1-2H3. The van der Waals surface area contributed by atoms with E-state index in [4.69, 9.17) is 0 Å². The Morgan fingerprint density at radius 3 is 1.25 bits per heavy atom. The summed E-state index contributed by atoms with van der Waals surface area (Å²) in [7, 11) is 0. The molecule has 0 spiro atoms. The highest BCUT2D eigenvalue weighted by Gasteiger charge is 2.37. The van der Waals surface area contributed by atoms with Gasteiger partial charge in [0.25, 0.3) is 0 Å². The van der Waals surface area contributed by atoms with Crippen molar-refractivity contribution in [2.75, 3.05) is 0 Å². The first-order chi connectivity index (χ1) is 28.0. The van der Waals surface area contributed by atoms with E-state index in [-0.39, 0.29) is 5.41 Å². The molecule has 0 heterocycles. The Morgan fingerprint density at radius 1 is 0.246 bits per heavy atom. The molecular weight excluding hydrogens is 685 g/mol. The monoisotopic (exact) mass is 724 g/mol. The highest BCUT2D eigenvalue weighted by molar-refractivity contribution is 6.22. The first-order valence-electron chi connectivity index (χ1n) is 20.0. The molecule has 0 saturated carbocycles. The number of benzene rings is 10. The van der Waals surface area contributed by atoms with Gasteiger partial charge in [0.2, 0.25) is 0 Å². The minimum atomic E-state index is -0.0853. The smallest absolute Gasteiger partial charge is 0.0159 e. The van der Waals surface area contributed by atoms with Gasteiger partial charge in [0.15, 0.2) is 0 Å². The van der Waals surface area contributed by atoms with Crippen molar-refractivity contribution in [3.63, 3.8) is 0 Å². The van der Waals surface area contributed by atoms with Crippen molar-refractivity contribution in [1.29, 1.82) is 0 Å². The van der Waals surface area contributed by atoms with Crippen LogP contribution in [-0.4, -0.2) is 0 Å². The summed E-state index contributed by atoms with van der Waals surface area (Å²) in [6, 6.07) is 76.4. The van der Waals surface area contributed by atoms with Crippen molar-refractivity contribution >= 4 is 32.3 Å². The van der Waals surface area contributed by atoms with E-state index < -0.39 is 0 Å². The molecule has 0 N–H and O–H groups in total. The number of hydrogen-bond donors (Lipinski definition) is 0. The van der Waals surface area contributed by atoms with Crippen LogP contribution in [0.4, 0.5) is 0 Å². The average molecular weight is 725 g/mol. The summed E-state index contributed by atoms with van der Waals surface area (Å²) in [5, 5.41) is 7.63. The predicted molar refractivity (Wildman–Crippen MR) is 244 cm³/mol. The third-order valence-corrected chi connectivity index (χ3v) is 12.5. The van der Waals surface area contributed by atoms with Gasteiger partial charge in [-0.15, -0.1) is 0 Å². The SMILES string of the molecule is CC1(C)c2ccccc2-c2c1cc(-c1ccc(-c3c4ccc(-c5ccccc5)cc4c(-c4ccccc4)c4ccc(-c5ccccc5)cc34)cc1)c1ccccc21. The predicted octanol–water partition coefficient (Wildman–Crippen LogP) is 15.8. The fraction of sp³-hybridized carbons (Fsp3) is 0.0526. The van der Waals surface area contributed by atoms with Gasteiger partial charge in [0.1, 0.15) is 0 Å². The molecule has 57 heavy (non-hydrogen) atoms. The van der Waals surface area contributed by atoms with Gasteiger partial charge < -0.3 is 0 Å². The normalized spacial score (nSPS) is 12.9. The molecule has 10 aromatic rings. The van der Waals surface area contributed by atoms with Crippen LogP contribution in [0.25, 0.3) is 99.1 Å². The molecule has 0 amide bonds. The zero-order chi connectivity index (χ0) is 38.1. The van der Waals surface area contributed by atoms with Crippen LogP contribution in [-0.2, 0) is 5.41 Å². The summed E-state index contributed by atoms with van der Waals surface area (Å²) in [6.45, 7) is 4.75. The molecule has 0 heteroatoms. The van der Waals surface area contributed by atoms with Crippen LogP contribution in [0, 0.1) is 0 Å². The molecule has 0 unspecified atom stereocenters. The molecule has 10 aromatic carbocycles. The largest absolute Gasteiger partial charge is 0.0622 e. The van der Waals surface area contributed by atoms with Crippen molar-refractivity contribution in [1.82, 2.24) is 0 Å². The Morgan fingerprint density at radius 2 is 0.667 bits per heavy atom. The molecule has 0 nitrogen and oxygen atoms in total. The maximum Gasteiger partial charge on any atom is 0.0159 e. The molecule has 1 aliphatic carbocycles. The minimum absolute atomic E-state index is 0.0853. The van der Waals surface area contributed by atoms with E-state index in [1.54, 1.807) is 0 Å². The topological polar surface area (TPSA) is 0 Å². The van der Waals surface area contributed by atoms with Gasteiger partial charge in [0.05, 0.1) is 0 Å². The van der Waals surface area contributed by atoms with E-state index in [0.29, 0.717) is 0 Å². The Labute approximate surface area is 334 Å². The maximum absolute atomic E-state index is 2.48. The quantitative estimate of drug-likeness (QED) is 0.155. The zero-order valence-corrected chi connectivity index (χ0v) is 32.1. The lowest BCUT2D eigenvalue weighted by Gasteiger charge is -2.23. The summed E-state index contributed by atoms with van der Waals surface area (Å²) >= 11 is 0. The Hall–Kier alpha value is -7.02. The molecular formula is C57H40. The van der Waals surface area contributed by atoms with Crippen LogP contribution in [0.3, 0.4) is 0 Å². The molecule has 0 saturated heterocycles. The lowest BCUT2D eigenvalue weighted by atomic mass is 9.80. The molecule has 0 bridgehead atoms. The molecule has 0 radical (unpaired) electrons. The number of rotatable bonds is 5. The minimum Gasteiger partial charge on any atom is -0.0622 e. The van der Waals surface area contributed by atoms with E-state index in [9.17, 15) is 0 Å². The highest BCUT2D eigenvalue weighted by atomic mass is 14.4. The van der Waals surface area contributed by atoms with E-state index in [2.05, 4.69) is 220 Å². The van der Waals surface area contributed by atoms with Crippen LogP contribution >= 0.6 is 0 Å². The fourth-order valence-electron chi connectivity index (χ4n) is 9.68. The van der Waals surface area contributed by atoms with Crippen molar-refractivity contribution in [2.45, 2.75) is 19.3 Å². The average Bonchev–Trinajstić information content (AvgIpc) is 3.51. The summed E-state index contributed by atoms with van der Waals surface area (Å²) in [5.74, 6) is 0. The maximum atomic E-state index is 2.48. The first-order valence-corrected chi connectivity index (χ1v) is 20.0. The van der Waals surface area contributed by atoms with Gasteiger partial charge in [0, 0.05) is 5.41 Å². The van der Waals surface area contributed by atoms with Crippen LogP contribution in [0.5, 0.6) is 0 Å². The lowest BCUT2D eigenvalue weighted by Crippen LogP contribution is -2.15. The van der Waals surface area contributed by atoms with E-state index in [1.807, 2.05) is 0 Å². The molecule has 0 aliphatic heterocycles. The molecule has 1 aliphatic rings. The molecule has 0 atom stereocenters.